The van der Waals surface area contributed by atoms with Gasteiger partial charge in [-0.3, -0.25) is 4.79 Å². The second-order valence-electron chi connectivity index (χ2n) is 4.96. The van der Waals surface area contributed by atoms with E-state index in [1.807, 2.05) is 0 Å². The van der Waals surface area contributed by atoms with E-state index in [-0.39, 0.29) is 30.3 Å². The Hall–Kier alpha value is -0.940. The number of carbonyl (C=O) groups excluding carboxylic acids is 1. The number of amides is 1. The van der Waals surface area contributed by atoms with Gasteiger partial charge in [-0.25, -0.2) is 4.39 Å². The summed E-state index contributed by atoms with van der Waals surface area (Å²) >= 11 is 3.28. The van der Waals surface area contributed by atoms with Crippen LogP contribution in [0.3, 0.4) is 0 Å². The lowest BCUT2D eigenvalue weighted by atomic mass is 9.87. The molecule has 0 aliphatic heterocycles. The SMILES string of the molecule is O=C(NCc1cc(Br)ccc1F)C1CCC(O)CC1. The van der Waals surface area contributed by atoms with Crippen molar-refractivity contribution in [3.05, 3.63) is 34.1 Å². The molecule has 1 aliphatic rings. The van der Waals surface area contributed by atoms with Gasteiger partial charge in [-0.05, 0) is 43.9 Å². The first-order chi connectivity index (χ1) is 9.06. The molecule has 0 saturated heterocycles. The second-order valence-corrected chi connectivity index (χ2v) is 5.87. The van der Waals surface area contributed by atoms with Crippen molar-refractivity contribution in [3.63, 3.8) is 0 Å². The molecule has 1 aromatic rings. The highest BCUT2D eigenvalue weighted by atomic mass is 79.9. The summed E-state index contributed by atoms with van der Waals surface area (Å²) < 4.78 is 14.3. The van der Waals surface area contributed by atoms with Gasteiger partial charge >= 0.3 is 0 Å². The molecular formula is C14H17BrFNO2. The van der Waals surface area contributed by atoms with Crippen LogP contribution >= 0.6 is 15.9 Å². The Morgan fingerprint density at radius 2 is 2.05 bits per heavy atom. The van der Waals surface area contributed by atoms with E-state index < -0.39 is 0 Å². The van der Waals surface area contributed by atoms with Crippen LogP contribution in [0.1, 0.15) is 31.2 Å². The Bertz CT molecular complexity index is 459. The minimum Gasteiger partial charge on any atom is -0.393 e. The molecule has 1 saturated carbocycles. The van der Waals surface area contributed by atoms with Crippen molar-refractivity contribution in [3.8, 4) is 0 Å². The molecule has 0 aromatic heterocycles. The summed E-state index contributed by atoms with van der Waals surface area (Å²) in [6, 6.07) is 4.67. The Morgan fingerprint density at radius 1 is 1.37 bits per heavy atom. The van der Waals surface area contributed by atoms with Crippen LogP contribution in [0.15, 0.2) is 22.7 Å². The van der Waals surface area contributed by atoms with Gasteiger partial charge in [0.15, 0.2) is 0 Å². The van der Waals surface area contributed by atoms with E-state index >= 15 is 0 Å². The van der Waals surface area contributed by atoms with Crippen LogP contribution in [0, 0.1) is 11.7 Å². The minimum absolute atomic E-state index is 0.0497. The first-order valence-corrected chi connectivity index (χ1v) is 7.25. The fraction of sp³-hybridized carbons (Fsp3) is 0.500. The summed E-state index contributed by atoms with van der Waals surface area (Å²) in [5.41, 5.74) is 0.471. The highest BCUT2D eigenvalue weighted by Crippen LogP contribution is 2.24. The second kappa shape index (κ2) is 6.48. The monoisotopic (exact) mass is 329 g/mol. The van der Waals surface area contributed by atoms with Crippen molar-refractivity contribution in [2.24, 2.45) is 5.92 Å². The molecule has 0 bridgehead atoms. The molecule has 1 amide bonds. The van der Waals surface area contributed by atoms with Gasteiger partial charge in [-0.15, -0.1) is 0 Å². The quantitative estimate of drug-likeness (QED) is 0.895. The van der Waals surface area contributed by atoms with Crippen LogP contribution in [-0.2, 0) is 11.3 Å². The van der Waals surface area contributed by atoms with Crippen molar-refractivity contribution in [1.29, 1.82) is 0 Å². The number of rotatable bonds is 3. The predicted molar refractivity (Wildman–Crippen MR) is 73.9 cm³/mol. The molecule has 0 radical (unpaired) electrons. The zero-order chi connectivity index (χ0) is 13.8. The third-order valence-corrected chi connectivity index (χ3v) is 4.02. The number of nitrogens with one attached hydrogen (secondary N) is 1. The van der Waals surface area contributed by atoms with Crippen LogP contribution in [0.25, 0.3) is 0 Å². The van der Waals surface area contributed by atoms with Gasteiger partial charge in [0.05, 0.1) is 6.10 Å². The van der Waals surface area contributed by atoms with Crippen molar-refractivity contribution in [1.82, 2.24) is 5.32 Å². The number of aliphatic hydroxyl groups is 1. The van der Waals surface area contributed by atoms with Crippen LogP contribution in [0.2, 0.25) is 0 Å². The highest BCUT2D eigenvalue weighted by Gasteiger charge is 2.24. The summed E-state index contributed by atoms with van der Waals surface area (Å²) in [7, 11) is 0. The van der Waals surface area contributed by atoms with E-state index in [1.165, 1.54) is 6.07 Å². The molecule has 2 rings (SSSR count). The number of hydrogen-bond acceptors (Lipinski definition) is 2. The fourth-order valence-electron chi connectivity index (χ4n) is 2.34. The first-order valence-electron chi connectivity index (χ1n) is 6.46. The van der Waals surface area contributed by atoms with E-state index in [0.29, 0.717) is 31.2 Å². The number of benzene rings is 1. The van der Waals surface area contributed by atoms with Crippen molar-refractivity contribution < 1.29 is 14.3 Å². The van der Waals surface area contributed by atoms with Gasteiger partial charge in [0.1, 0.15) is 5.82 Å². The normalized spacial score (nSPS) is 23.1. The summed E-state index contributed by atoms with van der Waals surface area (Å²) in [6.07, 6.45) is 2.47. The van der Waals surface area contributed by atoms with E-state index in [2.05, 4.69) is 21.2 Å². The zero-order valence-corrected chi connectivity index (χ0v) is 12.1. The maximum Gasteiger partial charge on any atom is 0.223 e. The standard InChI is InChI=1S/C14H17BrFNO2/c15-11-3-6-13(16)10(7-11)8-17-14(19)9-1-4-12(18)5-2-9/h3,6-7,9,12,18H,1-2,4-5,8H2,(H,17,19). The Labute approximate surface area is 120 Å². The molecule has 3 nitrogen and oxygen atoms in total. The molecule has 0 spiro atoms. The topological polar surface area (TPSA) is 49.3 Å². The van der Waals surface area contributed by atoms with Crippen molar-refractivity contribution in [2.45, 2.75) is 38.3 Å². The van der Waals surface area contributed by atoms with E-state index in [0.717, 1.165) is 4.47 Å². The van der Waals surface area contributed by atoms with Crippen molar-refractivity contribution >= 4 is 21.8 Å². The summed E-state index contributed by atoms with van der Waals surface area (Å²) in [5.74, 6) is -0.424. The molecule has 1 fully saturated rings. The Kier molecular flexibility index (Phi) is 4.93. The zero-order valence-electron chi connectivity index (χ0n) is 10.5. The number of halogens is 2. The smallest absolute Gasteiger partial charge is 0.223 e. The van der Waals surface area contributed by atoms with Gasteiger partial charge in [0.25, 0.3) is 0 Å². The highest BCUT2D eigenvalue weighted by molar-refractivity contribution is 9.10. The molecule has 1 aliphatic carbocycles. The number of hydrogen-bond donors (Lipinski definition) is 2. The summed E-state index contributed by atoms with van der Waals surface area (Å²) in [4.78, 5) is 11.9. The lowest BCUT2D eigenvalue weighted by molar-refractivity contribution is -0.126. The average Bonchev–Trinajstić information content (AvgIpc) is 2.40. The van der Waals surface area contributed by atoms with Crippen LogP contribution < -0.4 is 5.32 Å². The van der Waals surface area contributed by atoms with Crippen molar-refractivity contribution in [2.75, 3.05) is 0 Å². The largest absolute Gasteiger partial charge is 0.393 e. The van der Waals surface area contributed by atoms with Crippen LogP contribution in [-0.4, -0.2) is 17.1 Å². The Morgan fingerprint density at radius 3 is 2.74 bits per heavy atom. The van der Waals surface area contributed by atoms with E-state index in [9.17, 15) is 14.3 Å². The summed E-state index contributed by atoms with van der Waals surface area (Å²) in [5, 5.41) is 12.2. The molecule has 0 unspecified atom stereocenters. The third-order valence-electron chi connectivity index (χ3n) is 3.53. The van der Waals surface area contributed by atoms with E-state index in [1.54, 1.807) is 12.1 Å². The molecule has 1 aromatic carbocycles. The van der Waals surface area contributed by atoms with Gasteiger partial charge in [-0.2, -0.15) is 0 Å². The van der Waals surface area contributed by atoms with Gasteiger partial charge in [0.2, 0.25) is 5.91 Å². The van der Waals surface area contributed by atoms with Crippen LogP contribution in [0.5, 0.6) is 0 Å². The molecular weight excluding hydrogens is 313 g/mol. The predicted octanol–water partition coefficient (Wildman–Crippen LogP) is 2.76. The third kappa shape index (κ3) is 4.01. The molecule has 5 heteroatoms. The molecule has 2 N–H and O–H groups in total. The molecule has 19 heavy (non-hydrogen) atoms. The molecule has 0 heterocycles. The first kappa shape index (κ1) is 14.5. The molecule has 0 atom stereocenters. The minimum atomic E-state index is -0.317. The lowest BCUT2D eigenvalue weighted by Crippen LogP contribution is -2.33. The average molecular weight is 330 g/mol. The van der Waals surface area contributed by atoms with Gasteiger partial charge < -0.3 is 10.4 Å². The van der Waals surface area contributed by atoms with E-state index in [4.69, 9.17) is 0 Å². The maximum atomic E-state index is 13.5. The lowest BCUT2D eigenvalue weighted by Gasteiger charge is -2.24. The van der Waals surface area contributed by atoms with Gasteiger partial charge in [0, 0.05) is 22.5 Å². The number of aliphatic hydroxyl groups excluding tert-OH is 1. The number of carbonyl (C=O) groups is 1. The van der Waals surface area contributed by atoms with Crippen LogP contribution in [0.4, 0.5) is 4.39 Å². The Balaban J connectivity index is 1.88. The summed E-state index contributed by atoms with van der Waals surface area (Å²) in [6.45, 7) is 0.198. The molecule has 104 valence electrons. The van der Waals surface area contributed by atoms with Gasteiger partial charge in [-0.1, -0.05) is 15.9 Å². The fourth-order valence-corrected chi connectivity index (χ4v) is 2.75. The maximum absolute atomic E-state index is 13.5.